The molecule has 0 spiro atoms. The molecule has 59 valence electrons. The molecule has 1 heterocycles. The van der Waals surface area contributed by atoms with Gasteiger partial charge in [0, 0.05) is 11.6 Å². The summed E-state index contributed by atoms with van der Waals surface area (Å²) >= 11 is 0. The van der Waals surface area contributed by atoms with Crippen LogP contribution in [-0.4, -0.2) is 10.1 Å². The number of nitrogens with zero attached hydrogens (tertiary/aromatic N) is 1. The molecule has 0 atom stereocenters. The first kappa shape index (κ1) is 7.03. The lowest BCUT2D eigenvalue weighted by atomic mass is 10.2. The number of fused-ring (bicyclic) bond motifs is 1. The van der Waals surface area contributed by atoms with Gasteiger partial charge in [-0.15, -0.1) is 0 Å². The Hall–Kier alpha value is -1.64. The molecule has 0 saturated heterocycles. The van der Waals surface area contributed by atoms with Crippen LogP contribution in [0.2, 0.25) is 0 Å². The SMILES string of the molecule is Oc1[c]c(F)c2ncccc2c1. The minimum absolute atomic E-state index is 0.201. The van der Waals surface area contributed by atoms with Gasteiger partial charge in [0.1, 0.15) is 11.3 Å². The predicted octanol–water partition coefficient (Wildman–Crippen LogP) is 1.88. The Labute approximate surface area is 68.3 Å². The molecule has 2 aromatic rings. The van der Waals surface area contributed by atoms with Gasteiger partial charge in [-0.2, -0.15) is 0 Å². The van der Waals surface area contributed by atoms with E-state index in [9.17, 15) is 4.39 Å². The first-order valence-corrected chi connectivity index (χ1v) is 3.43. The van der Waals surface area contributed by atoms with Gasteiger partial charge >= 0.3 is 0 Å². The summed E-state index contributed by atoms with van der Waals surface area (Å²) in [7, 11) is 0. The smallest absolute Gasteiger partial charge is 0.161 e. The average molecular weight is 162 g/mol. The normalized spacial score (nSPS) is 10.4. The van der Waals surface area contributed by atoms with E-state index in [0.29, 0.717) is 5.39 Å². The summed E-state index contributed by atoms with van der Waals surface area (Å²) in [6.45, 7) is 0. The van der Waals surface area contributed by atoms with Gasteiger partial charge in [-0.05, 0) is 12.1 Å². The van der Waals surface area contributed by atoms with Crippen LogP contribution in [-0.2, 0) is 0 Å². The highest BCUT2D eigenvalue weighted by atomic mass is 19.1. The van der Waals surface area contributed by atoms with Gasteiger partial charge < -0.3 is 5.11 Å². The fraction of sp³-hybridized carbons (Fsp3) is 0. The topological polar surface area (TPSA) is 33.1 Å². The number of hydrogen-bond donors (Lipinski definition) is 1. The van der Waals surface area contributed by atoms with Gasteiger partial charge in [0.15, 0.2) is 5.82 Å². The lowest BCUT2D eigenvalue weighted by Gasteiger charge is -1.97. The summed E-state index contributed by atoms with van der Waals surface area (Å²) in [4.78, 5) is 3.80. The number of hydrogen-bond acceptors (Lipinski definition) is 2. The number of aromatic nitrogens is 1. The van der Waals surface area contributed by atoms with Crippen LogP contribution in [0.5, 0.6) is 5.75 Å². The van der Waals surface area contributed by atoms with Crippen molar-refractivity contribution in [3.63, 3.8) is 0 Å². The first-order valence-electron chi connectivity index (χ1n) is 3.43. The molecule has 1 radical (unpaired) electrons. The van der Waals surface area contributed by atoms with Gasteiger partial charge in [-0.3, -0.25) is 4.98 Å². The van der Waals surface area contributed by atoms with Crippen molar-refractivity contribution in [2.75, 3.05) is 0 Å². The van der Waals surface area contributed by atoms with Crippen LogP contribution >= 0.6 is 0 Å². The fourth-order valence-electron chi connectivity index (χ4n) is 1.07. The number of pyridine rings is 1. The maximum Gasteiger partial charge on any atom is 0.161 e. The van der Waals surface area contributed by atoms with Crippen molar-refractivity contribution in [3.8, 4) is 5.75 Å². The van der Waals surface area contributed by atoms with E-state index in [0.717, 1.165) is 0 Å². The van der Waals surface area contributed by atoms with Gasteiger partial charge in [0.05, 0.1) is 6.07 Å². The number of aromatic hydroxyl groups is 1. The molecule has 2 nitrogen and oxygen atoms in total. The van der Waals surface area contributed by atoms with Crippen LogP contribution in [0.3, 0.4) is 0 Å². The van der Waals surface area contributed by atoms with E-state index in [1.165, 1.54) is 12.3 Å². The summed E-state index contributed by atoms with van der Waals surface area (Å²) in [5.74, 6) is -0.821. The van der Waals surface area contributed by atoms with Crippen molar-refractivity contribution < 1.29 is 9.50 Å². The van der Waals surface area contributed by atoms with Gasteiger partial charge in [-0.1, -0.05) is 6.07 Å². The molecular formula is C9H5FNO. The van der Waals surface area contributed by atoms with Crippen molar-refractivity contribution in [1.29, 1.82) is 0 Å². The zero-order valence-corrected chi connectivity index (χ0v) is 6.08. The fourth-order valence-corrected chi connectivity index (χ4v) is 1.07. The van der Waals surface area contributed by atoms with Gasteiger partial charge in [0.2, 0.25) is 0 Å². The summed E-state index contributed by atoms with van der Waals surface area (Å²) in [6, 6.07) is 6.92. The second-order valence-electron chi connectivity index (χ2n) is 2.41. The molecule has 0 amide bonds. The molecule has 3 heteroatoms. The van der Waals surface area contributed by atoms with E-state index in [-0.39, 0.29) is 11.3 Å². The van der Waals surface area contributed by atoms with Crippen LogP contribution in [0.4, 0.5) is 4.39 Å². The highest BCUT2D eigenvalue weighted by Gasteiger charge is 2.03. The second kappa shape index (κ2) is 2.44. The van der Waals surface area contributed by atoms with E-state index < -0.39 is 5.82 Å². The molecular weight excluding hydrogens is 157 g/mol. The van der Waals surface area contributed by atoms with E-state index in [2.05, 4.69) is 11.1 Å². The second-order valence-corrected chi connectivity index (χ2v) is 2.41. The molecule has 1 aromatic carbocycles. The highest BCUT2D eigenvalue weighted by molar-refractivity contribution is 5.80. The molecule has 0 fully saturated rings. The summed E-state index contributed by atoms with van der Waals surface area (Å²) < 4.78 is 13.0. The number of benzene rings is 1. The summed E-state index contributed by atoms with van der Waals surface area (Å²) in [5, 5.41) is 9.56. The van der Waals surface area contributed by atoms with Crippen molar-refractivity contribution in [1.82, 2.24) is 4.98 Å². The van der Waals surface area contributed by atoms with Crippen LogP contribution < -0.4 is 0 Å². The lowest BCUT2D eigenvalue weighted by molar-refractivity contribution is 0.469. The monoisotopic (exact) mass is 162 g/mol. The quantitative estimate of drug-likeness (QED) is 0.641. The van der Waals surface area contributed by atoms with Crippen molar-refractivity contribution in [2.24, 2.45) is 0 Å². The van der Waals surface area contributed by atoms with Gasteiger partial charge in [0.25, 0.3) is 0 Å². The molecule has 1 aromatic heterocycles. The molecule has 1 N–H and O–H groups in total. The van der Waals surface area contributed by atoms with E-state index in [1.807, 2.05) is 0 Å². The van der Waals surface area contributed by atoms with E-state index in [4.69, 9.17) is 5.11 Å². The van der Waals surface area contributed by atoms with E-state index in [1.54, 1.807) is 12.1 Å². The number of halogens is 1. The number of rotatable bonds is 0. The third kappa shape index (κ3) is 0.993. The Balaban J connectivity index is 2.89. The maximum atomic E-state index is 13.0. The maximum absolute atomic E-state index is 13.0. The zero-order valence-electron chi connectivity index (χ0n) is 6.08. The molecule has 0 aliphatic rings. The highest BCUT2D eigenvalue weighted by Crippen LogP contribution is 2.20. The zero-order chi connectivity index (χ0) is 8.55. The Morgan fingerprint density at radius 2 is 2.33 bits per heavy atom. The van der Waals surface area contributed by atoms with Crippen molar-refractivity contribution in [3.05, 3.63) is 36.3 Å². The first-order chi connectivity index (χ1) is 5.77. The Morgan fingerprint density at radius 1 is 1.50 bits per heavy atom. The number of phenolic OH excluding ortho intramolecular Hbond substituents is 1. The molecule has 0 bridgehead atoms. The third-order valence-electron chi connectivity index (χ3n) is 1.58. The lowest BCUT2D eigenvalue weighted by Crippen LogP contribution is -1.83. The standard InChI is InChI=1S/C9H5FNO/c10-8-5-7(12)4-6-2-1-3-11-9(6)8/h1-4,12H. The molecule has 2 rings (SSSR count). The summed E-state index contributed by atoms with van der Waals surface area (Å²) in [6.07, 6.45) is 1.50. The van der Waals surface area contributed by atoms with Crippen molar-refractivity contribution in [2.45, 2.75) is 0 Å². The molecule has 0 saturated carbocycles. The molecule has 0 aliphatic heterocycles. The third-order valence-corrected chi connectivity index (χ3v) is 1.58. The predicted molar refractivity (Wildman–Crippen MR) is 42.2 cm³/mol. The van der Waals surface area contributed by atoms with Gasteiger partial charge in [-0.25, -0.2) is 4.39 Å². The minimum atomic E-state index is -0.620. The molecule has 12 heavy (non-hydrogen) atoms. The molecule has 0 aliphatic carbocycles. The van der Waals surface area contributed by atoms with Crippen molar-refractivity contribution >= 4 is 10.9 Å². The van der Waals surface area contributed by atoms with Crippen LogP contribution in [0, 0.1) is 11.9 Å². The largest absolute Gasteiger partial charge is 0.507 e. The van der Waals surface area contributed by atoms with E-state index >= 15 is 0 Å². The minimum Gasteiger partial charge on any atom is -0.507 e. The summed E-state index contributed by atoms with van der Waals surface area (Å²) in [5.41, 5.74) is 0.232. The number of phenols is 1. The van der Waals surface area contributed by atoms with Crippen LogP contribution in [0.1, 0.15) is 0 Å². The van der Waals surface area contributed by atoms with Crippen LogP contribution in [0.15, 0.2) is 24.4 Å². The average Bonchev–Trinajstić information content (AvgIpc) is 2.04. The molecule has 0 unspecified atom stereocenters. The Kier molecular flexibility index (Phi) is 1.43. The Morgan fingerprint density at radius 3 is 3.17 bits per heavy atom. The van der Waals surface area contributed by atoms with Crippen LogP contribution in [0.25, 0.3) is 10.9 Å². The Bertz CT molecular complexity index is 428.